The fourth-order valence-electron chi connectivity index (χ4n) is 2.91. The molecule has 2 aromatic rings. The van der Waals surface area contributed by atoms with Crippen LogP contribution in [0.2, 0.25) is 0 Å². The molecule has 146 valence electrons. The summed E-state index contributed by atoms with van der Waals surface area (Å²) in [4.78, 5) is 38.6. The van der Waals surface area contributed by atoms with Crippen molar-refractivity contribution in [2.45, 2.75) is 19.4 Å². The molecule has 0 N–H and O–H groups in total. The number of hydrogen-bond acceptors (Lipinski definition) is 4. The molecule has 1 heterocycles. The van der Waals surface area contributed by atoms with Crippen LogP contribution < -0.4 is 4.74 Å². The molecule has 0 radical (unpaired) electrons. The van der Waals surface area contributed by atoms with Gasteiger partial charge in [-0.1, -0.05) is 24.3 Å². The maximum absolute atomic E-state index is 13.5. The van der Waals surface area contributed by atoms with E-state index >= 15 is 0 Å². The standard InChI is InChI=1S/C21H21FN2O4/c1-23(12-13-28-18-5-3-2-4-17(18)22)21(27)16-8-6-15(7-9-16)14-24-19(25)10-11-20(24)26/h2-9H,10-14H2,1H3. The molecule has 28 heavy (non-hydrogen) atoms. The number of amides is 3. The second kappa shape index (κ2) is 8.65. The average molecular weight is 384 g/mol. The molecule has 1 aliphatic heterocycles. The third kappa shape index (κ3) is 4.54. The van der Waals surface area contributed by atoms with Gasteiger partial charge in [0.25, 0.3) is 5.91 Å². The number of likely N-dealkylation sites (tertiary alicyclic amines) is 1. The number of halogens is 1. The van der Waals surface area contributed by atoms with E-state index in [2.05, 4.69) is 0 Å². The van der Waals surface area contributed by atoms with Gasteiger partial charge in [-0.15, -0.1) is 0 Å². The van der Waals surface area contributed by atoms with Crippen LogP contribution in [0.15, 0.2) is 48.5 Å². The van der Waals surface area contributed by atoms with Gasteiger partial charge in [-0.2, -0.15) is 0 Å². The Balaban J connectivity index is 1.52. The lowest BCUT2D eigenvalue weighted by Gasteiger charge is -2.18. The molecule has 0 aromatic heterocycles. The molecule has 1 aliphatic rings. The number of benzene rings is 2. The van der Waals surface area contributed by atoms with Crippen molar-refractivity contribution in [3.63, 3.8) is 0 Å². The van der Waals surface area contributed by atoms with Crippen molar-refractivity contribution >= 4 is 17.7 Å². The van der Waals surface area contributed by atoms with E-state index in [0.29, 0.717) is 12.1 Å². The monoisotopic (exact) mass is 384 g/mol. The fraction of sp³-hybridized carbons (Fsp3) is 0.286. The number of carbonyl (C=O) groups excluding carboxylic acids is 3. The van der Waals surface area contributed by atoms with Crippen LogP contribution in [0.1, 0.15) is 28.8 Å². The Kier molecular flexibility index (Phi) is 6.03. The van der Waals surface area contributed by atoms with Crippen molar-refractivity contribution in [2.24, 2.45) is 0 Å². The summed E-state index contributed by atoms with van der Waals surface area (Å²) in [6, 6.07) is 12.9. The van der Waals surface area contributed by atoms with E-state index < -0.39 is 5.82 Å². The minimum absolute atomic E-state index is 0.152. The summed E-state index contributed by atoms with van der Waals surface area (Å²) in [5, 5.41) is 0. The van der Waals surface area contributed by atoms with E-state index in [1.807, 2.05) is 0 Å². The summed E-state index contributed by atoms with van der Waals surface area (Å²) in [5.41, 5.74) is 1.27. The van der Waals surface area contributed by atoms with E-state index in [9.17, 15) is 18.8 Å². The third-order valence-electron chi connectivity index (χ3n) is 4.56. The third-order valence-corrected chi connectivity index (χ3v) is 4.56. The minimum atomic E-state index is -0.443. The predicted molar refractivity (Wildman–Crippen MR) is 100 cm³/mol. The Bertz CT molecular complexity index is 866. The lowest BCUT2D eigenvalue weighted by Crippen LogP contribution is -2.31. The van der Waals surface area contributed by atoms with Crippen LogP contribution in [0.25, 0.3) is 0 Å². The predicted octanol–water partition coefficient (Wildman–Crippen LogP) is 2.63. The van der Waals surface area contributed by atoms with E-state index in [-0.39, 0.29) is 49.5 Å². The van der Waals surface area contributed by atoms with E-state index in [1.165, 1.54) is 21.9 Å². The first-order chi connectivity index (χ1) is 13.5. The number of nitrogens with zero attached hydrogens (tertiary/aromatic N) is 2. The van der Waals surface area contributed by atoms with Gasteiger partial charge in [-0.05, 0) is 29.8 Å². The Morgan fingerprint density at radius 2 is 1.71 bits per heavy atom. The number of likely N-dealkylation sites (N-methyl/N-ethyl adjacent to an activating group) is 1. The number of para-hydroxylation sites is 1. The molecule has 3 rings (SSSR count). The van der Waals surface area contributed by atoms with Crippen molar-refractivity contribution in [1.82, 2.24) is 9.80 Å². The smallest absolute Gasteiger partial charge is 0.253 e. The molecule has 1 fully saturated rings. The SMILES string of the molecule is CN(CCOc1ccccc1F)C(=O)c1ccc(CN2C(=O)CCC2=O)cc1. The van der Waals surface area contributed by atoms with Crippen molar-refractivity contribution in [2.75, 3.05) is 20.2 Å². The molecule has 2 aromatic carbocycles. The zero-order chi connectivity index (χ0) is 20.1. The second-order valence-corrected chi connectivity index (χ2v) is 6.58. The van der Waals surface area contributed by atoms with Crippen LogP contribution in [0.4, 0.5) is 4.39 Å². The molecule has 3 amide bonds. The number of imide groups is 1. The van der Waals surface area contributed by atoms with E-state index in [1.54, 1.807) is 43.4 Å². The summed E-state index contributed by atoms with van der Waals surface area (Å²) >= 11 is 0. The maximum atomic E-state index is 13.5. The zero-order valence-electron chi connectivity index (χ0n) is 15.6. The highest BCUT2D eigenvalue weighted by Gasteiger charge is 2.28. The van der Waals surface area contributed by atoms with Gasteiger partial charge in [-0.25, -0.2) is 4.39 Å². The first-order valence-electron chi connectivity index (χ1n) is 9.00. The van der Waals surface area contributed by atoms with Crippen LogP contribution in [-0.2, 0) is 16.1 Å². The summed E-state index contributed by atoms with van der Waals surface area (Å²) in [6.07, 6.45) is 0.518. The van der Waals surface area contributed by atoms with Crippen LogP contribution in [0, 0.1) is 5.82 Å². The quantitative estimate of drug-likeness (QED) is 0.689. The number of rotatable bonds is 7. The molecule has 0 bridgehead atoms. The molecule has 7 heteroatoms. The second-order valence-electron chi connectivity index (χ2n) is 6.58. The van der Waals surface area contributed by atoms with E-state index in [0.717, 1.165) is 5.56 Å². The molecular weight excluding hydrogens is 363 g/mol. The highest BCUT2D eigenvalue weighted by atomic mass is 19.1. The van der Waals surface area contributed by atoms with Gasteiger partial charge < -0.3 is 9.64 Å². The molecule has 0 spiro atoms. The highest BCUT2D eigenvalue weighted by Crippen LogP contribution is 2.17. The molecule has 6 nitrogen and oxygen atoms in total. The first-order valence-corrected chi connectivity index (χ1v) is 9.00. The van der Waals surface area contributed by atoms with Gasteiger partial charge in [0.2, 0.25) is 11.8 Å². The van der Waals surface area contributed by atoms with E-state index in [4.69, 9.17) is 4.74 Å². The van der Waals surface area contributed by atoms with Gasteiger partial charge in [-0.3, -0.25) is 19.3 Å². The summed E-state index contributed by atoms with van der Waals surface area (Å²) in [6.45, 7) is 0.685. The molecule has 0 aliphatic carbocycles. The van der Waals surface area contributed by atoms with Gasteiger partial charge in [0, 0.05) is 25.5 Å². The lowest BCUT2D eigenvalue weighted by atomic mass is 10.1. The number of hydrogen-bond donors (Lipinski definition) is 0. The van der Waals surface area contributed by atoms with Crippen LogP contribution in [0.5, 0.6) is 5.75 Å². The van der Waals surface area contributed by atoms with Gasteiger partial charge in [0.1, 0.15) is 6.61 Å². The molecule has 1 saturated heterocycles. The normalized spacial score (nSPS) is 13.7. The van der Waals surface area contributed by atoms with Crippen LogP contribution in [0.3, 0.4) is 0 Å². The van der Waals surface area contributed by atoms with Crippen LogP contribution >= 0.6 is 0 Å². The lowest BCUT2D eigenvalue weighted by molar-refractivity contribution is -0.139. The molecular formula is C21H21FN2O4. The van der Waals surface area contributed by atoms with Crippen LogP contribution in [-0.4, -0.2) is 47.7 Å². The molecule has 0 unspecified atom stereocenters. The Hall–Kier alpha value is -3.22. The van der Waals surface area contributed by atoms with Crippen molar-refractivity contribution < 1.29 is 23.5 Å². The number of carbonyl (C=O) groups is 3. The largest absolute Gasteiger partial charge is 0.489 e. The summed E-state index contributed by atoms with van der Waals surface area (Å²) in [7, 11) is 1.64. The van der Waals surface area contributed by atoms with Crippen molar-refractivity contribution in [3.8, 4) is 5.75 Å². The molecule has 0 saturated carbocycles. The average Bonchev–Trinajstić information content (AvgIpc) is 3.01. The fourth-order valence-corrected chi connectivity index (χ4v) is 2.91. The highest BCUT2D eigenvalue weighted by molar-refractivity contribution is 6.01. The minimum Gasteiger partial charge on any atom is -0.489 e. The maximum Gasteiger partial charge on any atom is 0.253 e. The zero-order valence-corrected chi connectivity index (χ0v) is 15.6. The van der Waals surface area contributed by atoms with Crippen molar-refractivity contribution in [1.29, 1.82) is 0 Å². The van der Waals surface area contributed by atoms with Gasteiger partial charge in [0.05, 0.1) is 13.1 Å². The molecule has 0 atom stereocenters. The summed E-state index contributed by atoms with van der Waals surface area (Å²) in [5.74, 6) is -0.822. The topological polar surface area (TPSA) is 66.9 Å². The first kappa shape index (κ1) is 19.5. The van der Waals surface area contributed by atoms with Gasteiger partial charge >= 0.3 is 0 Å². The van der Waals surface area contributed by atoms with Crippen molar-refractivity contribution in [3.05, 3.63) is 65.5 Å². The summed E-state index contributed by atoms with van der Waals surface area (Å²) < 4.78 is 18.9. The Labute approximate surface area is 162 Å². The Morgan fingerprint density at radius 1 is 1.07 bits per heavy atom. The number of ether oxygens (including phenoxy) is 1. The van der Waals surface area contributed by atoms with Gasteiger partial charge in [0.15, 0.2) is 11.6 Å². The Morgan fingerprint density at radius 3 is 2.36 bits per heavy atom.